The lowest BCUT2D eigenvalue weighted by atomic mass is 9.87. The van der Waals surface area contributed by atoms with Gasteiger partial charge in [-0.25, -0.2) is 8.42 Å². The number of alkyl halides is 3. The minimum absolute atomic E-state index is 0.00876. The van der Waals surface area contributed by atoms with Crippen molar-refractivity contribution in [1.29, 1.82) is 0 Å². The van der Waals surface area contributed by atoms with Gasteiger partial charge in [0.1, 0.15) is 0 Å². The molecule has 156 valence electrons. The van der Waals surface area contributed by atoms with Crippen LogP contribution in [-0.4, -0.2) is 37.8 Å². The monoisotopic (exact) mass is 418 g/mol. The molecule has 1 aromatic carbocycles. The second-order valence-electron chi connectivity index (χ2n) is 7.14. The molecule has 0 aliphatic heterocycles. The van der Waals surface area contributed by atoms with Gasteiger partial charge in [-0.05, 0) is 49.8 Å². The number of sulfonamides is 1. The summed E-state index contributed by atoms with van der Waals surface area (Å²) in [4.78, 5) is 11.8. The van der Waals surface area contributed by atoms with Crippen LogP contribution < -0.4 is 5.32 Å². The zero-order chi connectivity index (χ0) is 20.9. The largest absolute Gasteiger partial charge is 0.416 e. The summed E-state index contributed by atoms with van der Waals surface area (Å²) in [5.74, 6) is 0.128. The van der Waals surface area contributed by atoms with Crippen LogP contribution in [0.15, 0.2) is 41.8 Å². The number of halogens is 3. The lowest BCUT2D eigenvalue weighted by molar-refractivity contribution is -0.137. The minimum atomic E-state index is -4.66. The van der Waals surface area contributed by atoms with E-state index in [1.54, 1.807) is 0 Å². The van der Waals surface area contributed by atoms with E-state index in [9.17, 15) is 26.4 Å². The Hall–Kier alpha value is -1.87. The third kappa shape index (κ3) is 5.81. The summed E-state index contributed by atoms with van der Waals surface area (Å²) in [5.41, 5.74) is -1.06. The van der Waals surface area contributed by atoms with Crippen LogP contribution >= 0.6 is 0 Å². The lowest BCUT2D eigenvalue weighted by Gasteiger charge is -2.28. The number of nitrogens with zero attached hydrogens (tertiary/aromatic N) is 1. The van der Waals surface area contributed by atoms with Crippen LogP contribution in [0.1, 0.15) is 38.2 Å². The first-order chi connectivity index (χ1) is 13.0. The molecule has 2 rings (SSSR count). The standard InChI is InChI=1S/C19H25F3N2O3S/c1-3-11-24(13-18(25)23-16-9-7-14(2)8-10-16)28(26,27)17-6-4-5-15(12-17)19(20,21)22/h3-6,12,14,16H,1,7-11,13H2,2H3,(H,23,25). The molecule has 1 aliphatic carbocycles. The van der Waals surface area contributed by atoms with E-state index in [2.05, 4.69) is 18.8 Å². The van der Waals surface area contributed by atoms with Crippen LogP contribution in [0, 0.1) is 5.92 Å². The smallest absolute Gasteiger partial charge is 0.352 e. The highest BCUT2D eigenvalue weighted by molar-refractivity contribution is 7.89. The van der Waals surface area contributed by atoms with E-state index < -0.39 is 39.1 Å². The fourth-order valence-corrected chi connectivity index (χ4v) is 4.62. The summed E-state index contributed by atoms with van der Waals surface area (Å²) in [7, 11) is -4.29. The van der Waals surface area contributed by atoms with Gasteiger partial charge in [0.2, 0.25) is 15.9 Å². The van der Waals surface area contributed by atoms with E-state index in [0.29, 0.717) is 12.0 Å². The molecule has 0 unspecified atom stereocenters. The molecule has 1 saturated carbocycles. The van der Waals surface area contributed by atoms with Crippen molar-refractivity contribution in [2.75, 3.05) is 13.1 Å². The highest BCUT2D eigenvalue weighted by atomic mass is 32.2. The fraction of sp³-hybridized carbons (Fsp3) is 0.526. The molecule has 1 fully saturated rings. The Morgan fingerprint density at radius 2 is 1.93 bits per heavy atom. The molecular formula is C19H25F3N2O3S. The molecule has 0 heterocycles. The Morgan fingerprint density at radius 1 is 1.29 bits per heavy atom. The van der Waals surface area contributed by atoms with Crippen molar-refractivity contribution in [1.82, 2.24) is 9.62 Å². The first kappa shape index (κ1) is 22.4. The molecule has 5 nitrogen and oxygen atoms in total. The summed E-state index contributed by atoms with van der Waals surface area (Å²) < 4.78 is 65.2. The number of hydrogen-bond donors (Lipinski definition) is 1. The zero-order valence-corrected chi connectivity index (χ0v) is 16.5. The summed E-state index contributed by atoms with van der Waals surface area (Å²) >= 11 is 0. The Bertz CT molecular complexity index is 801. The first-order valence-electron chi connectivity index (χ1n) is 9.11. The summed E-state index contributed by atoms with van der Waals surface area (Å²) in [5, 5.41) is 2.83. The molecule has 0 spiro atoms. The summed E-state index contributed by atoms with van der Waals surface area (Å²) in [6.07, 6.45) is 0.266. The van der Waals surface area contributed by atoms with Gasteiger partial charge >= 0.3 is 6.18 Å². The molecule has 1 aliphatic rings. The molecule has 0 aromatic heterocycles. The highest BCUT2D eigenvalue weighted by Crippen LogP contribution is 2.31. The van der Waals surface area contributed by atoms with Gasteiger partial charge in [-0.2, -0.15) is 17.5 Å². The van der Waals surface area contributed by atoms with Crippen molar-refractivity contribution in [3.63, 3.8) is 0 Å². The molecular weight excluding hydrogens is 393 g/mol. The third-order valence-electron chi connectivity index (χ3n) is 4.83. The normalized spacial score (nSPS) is 20.8. The summed E-state index contributed by atoms with van der Waals surface area (Å²) in [6, 6.07) is 3.48. The SMILES string of the molecule is C=CCN(CC(=O)NC1CCC(C)CC1)S(=O)(=O)c1cccc(C(F)(F)F)c1. The molecule has 1 N–H and O–H groups in total. The van der Waals surface area contributed by atoms with Gasteiger partial charge in [0.25, 0.3) is 0 Å². The molecule has 1 aromatic rings. The van der Waals surface area contributed by atoms with Gasteiger partial charge in [0.05, 0.1) is 17.0 Å². The van der Waals surface area contributed by atoms with Crippen LogP contribution in [0.4, 0.5) is 13.2 Å². The molecule has 0 bridgehead atoms. The molecule has 0 atom stereocenters. The van der Waals surface area contributed by atoms with Gasteiger partial charge in [-0.3, -0.25) is 4.79 Å². The molecule has 9 heteroatoms. The summed E-state index contributed by atoms with van der Waals surface area (Å²) in [6.45, 7) is 4.96. The third-order valence-corrected chi connectivity index (χ3v) is 6.64. The van der Waals surface area contributed by atoms with Crippen molar-refractivity contribution in [3.8, 4) is 0 Å². The molecule has 1 amide bonds. The van der Waals surface area contributed by atoms with Gasteiger partial charge in [0, 0.05) is 12.6 Å². The van der Waals surface area contributed by atoms with Crippen molar-refractivity contribution in [2.45, 2.75) is 49.7 Å². The van der Waals surface area contributed by atoms with E-state index in [1.165, 1.54) is 6.08 Å². The molecule has 0 saturated heterocycles. The Kier molecular flexibility index (Phi) is 7.28. The Balaban J connectivity index is 2.15. The van der Waals surface area contributed by atoms with Crippen LogP contribution in [0.2, 0.25) is 0 Å². The van der Waals surface area contributed by atoms with E-state index in [-0.39, 0.29) is 12.6 Å². The predicted octanol–water partition coefficient (Wildman–Crippen LogP) is 3.58. The first-order valence-corrected chi connectivity index (χ1v) is 10.6. The van der Waals surface area contributed by atoms with Crippen LogP contribution in [0.25, 0.3) is 0 Å². The number of nitrogens with one attached hydrogen (secondary N) is 1. The molecule has 28 heavy (non-hydrogen) atoms. The van der Waals surface area contributed by atoms with Gasteiger partial charge in [-0.1, -0.05) is 19.1 Å². The topological polar surface area (TPSA) is 66.5 Å². The Morgan fingerprint density at radius 3 is 2.50 bits per heavy atom. The van der Waals surface area contributed by atoms with E-state index in [0.717, 1.165) is 48.2 Å². The van der Waals surface area contributed by atoms with Crippen LogP contribution in [-0.2, 0) is 21.0 Å². The number of benzene rings is 1. The predicted molar refractivity (Wildman–Crippen MR) is 100.0 cm³/mol. The second-order valence-corrected chi connectivity index (χ2v) is 9.07. The van der Waals surface area contributed by atoms with Crippen molar-refractivity contribution < 1.29 is 26.4 Å². The van der Waals surface area contributed by atoms with E-state index in [1.807, 2.05) is 0 Å². The maximum atomic E-state index is 12.9. The maximum Gasteiger partial charge on any atom is 0.416 e. The minimum Gasteiger partial charge on any atom is -0.352 e. The number of amides is 1. The van der Waals surface area contributed by atoms with E-state index in [4.69, 9.17) is 0 Å². The number of rotatable bonds is 7. The lowest BCUT2D eigenvalue weighted by Crippen LogP contribution is -2.45. The van der Waals surface area contributed by atoms with Crippen LogP contribution in [0.5, 0.6) is 0 Å². The van der Waals surface area contributed by atoms with E-state index >= 15 is 0 Å². The number of carbonyl (C=O) groups is 1. The second kappa shape index (κ2) is 9.09. The average Bonchev–Trinajstić information content (AvgIpc) is 2.62. The van der Waals surface area contributed by atoms with Crippen molar-refractivity contribution in [2.24, 2.45) is 5.92 Å². The van der Waals surface area contributed by atoms with Gasteiger partial charge in [0.15, 0.2) is 0 Å². The van der Waals surface area contributed by atoms with Gasteiger partial charge < -0.3 is 5.32 Å². The number of hydrogen-bond acceptors (Lipinski definition) is 3. The molecule has 0 radical (unpaired) electrons. The Labute approximate surface area is 163 Å². The number of carbonyl (C=O) groups excluding carboxylic acids is 1. The maximum absolute atomic E-state index is 12.9. The highest BCUT2D eigenvalue weighted by Gasteiger charge is 2.33. The van der Waals surface area contributed by atoms with Gasteiger partial charge in [-0.15, -0.1) is 6.58 Å². The fourth-order valence-electron chi connectivity index (χ4n) is 3.21. The van der Waals surface area contributed by atoms with Crippen molar-refractivity contribution in [3.05, 3.63) is 42.5 Å². The quantitative estimate of drug-likeness (QED) is 0.689. The zero-order valence-electron chi connectivity index (χ0n) is 15.7. The van der Waals surface area contributed by atoms with Crippen molar-refractivity contribution >= 4 is 15.9 Å². The average molecular weight is 418 g/mol. The van der Waals surface area contributed by atoms with Crippen LogP contribution in [0.3, 0.4) is 0 Å².